The lowest BCUT2D eigenvalue weighted by Gasteiger charge is -2.05. The summed E-state index contributed by atoms with van der Waals surface area (Å²) in [7, 11) is 0. The molecule has 80 valence electrons. The van der Waals surface area contributed by atoms with Gasteiger partial charge in [0.1, 0.15) is 5.82 Å². The van der Waals surface area contributed by atoms with E-state index >= 15 is 0 Å². The van der Waals surface area contributed by atoms with Crippen LogP contribution in [0.1, 0.15) is 11.1 Å². The zero-order valence-electron chi connectivity index (χ0n) is 8.40. The Balaban J connectivity index is 2.12. The van der Waals surface area contributed by atoms with Crippen LogP contribution in [0.3, 0.4) is 0 Å². The number of anilines is 1. The minimum absolute atomic E-state index is 0.290. The van der Waals surface area contributed by atoms with Crippen LogP contribution in [0.5, 0.6) is 0 Å². The first kappa shape index (κ1) is 10.7. The van der Waals surface area contributed by atoms with Crippen molar-refractivity contribution in [2.24, 2.45) is 0 Å². The van der Waals surface area contributed by atoms with Gasteiger partial charge in [-0.2, -0.15) is 16.6 Å². The molecule has 1 aromatic heterocycles. The summed E-state index contributed by atoms with van der Waals surface area (Å²) in [4.78, 5) is 0. The van der Waals surface area contributed by atoms with E-state index in [1.54, 1.807) is 17.4 Å². The van der Waals surface area contributed by atoms with Gasteiger partial charge in [0.25, 0.3) is 0 Å². The molecule has 0 bridgehead atoms. The zero-order valence-corrected chi connectivity index (χ0v) is 9.22. The van der Waals surface area contributed by atoms with Crippen LogP contribution < -0.4 is 5.32 Å². The molecule has 1 aromatic carbocycles. The second-order valence-corrected chi connectivity index (χ2v) is 4.06. The predicted octanol–water partition coefficient (Wildman–Crippen LogP) is 3.37. The Labute approximate surface area is 97.0 Å². The van der Waals surface area contributed by atoms with Crippen molar-refractivity contribution in [3.63, 3.8) is 0 Å². The van der Waals surface area contributed by atoms with Crippen LogP contribution in [0.25, 0.3) is 0 Å². The van der Waals surface area contributed by atoms with Gasteiger partial charge >= 0.3 is 0 Å². The Morgan fingerprint density at radius 2 is 2.25 bits per heavy atom. The Hall–Kier alpha value is -1.86. The van der Waals surface area contributed by atoms with Crippen molar-refractivity contribution < 1.29 is 4.39 Å². The van der Waals surface area contributed by atoms with E-state index < -0.39 is 0 Å². The maximum atomic E-state index is 13.4. The number of thiophene rings is 1. The molecule has 1 N–H and O–H groups in total. The number of benzene rings is 1. The Bertz CT molecular complexity index is 514. The second kappa shape index (κ2) is 4.77. The van der Waals surface area contributed by atoms with Crippen LogP contribution in [0.15, 0.2) is 35.0 Å². The molecule has 0 radical (unpaired) electrons. The van der Waals surface area contributed by atoms with Gasteiger partial charge in [-0.05, 0) is 29.6 Å². The lowest BCUT2D eigenvalue weighted by Crippen LogP contribution is -2.01. The molecular formula is C12H9FN2S. The molecule has 0 fully saturated rings. The van der Waals surface area contributed by atoms with Crippen molar-refractivity contribution in [1.29, 1.82) is 5.26 Å². The smallest absolute Gasteiger partial charge is 0.128 e. The first-order chi connectivity index (χ1) is 7.79. The van der Waals surface area contributed by atoms with E-state index in [4.69, 9.17) is 5.26 Å². The number of rotatable bonds is 3. The maximum absolute atomic E-state index is 13.4. The average Bonchev–Trinajstić information content (AvgIpc) is 2.81. The minimum atomic E-state index is -0.290. The summed E-state index contributed by atoms with van der Waals surface area (Å²) in [5, 5.41) is 15.7. The Morgan fingerprint density at radius 3 is 2.94 bits per heavy atom. The molecule has 0 spiro atoms. The largest absolute Gasteiger partial charge is 0.380 e. The van der Waals surface area contributed by atoms with Gasteiger partial charge in [0, 0.05) is 23.2 Å². The summed E-state index contributed by atoms with van der Waals surface area (Å²) in [6.07, 6.45) is 0. The number of nitrogens with one attached hydrogen (secondary N) is 1. The molecule has 4 heteroatoms. The third kappa shape index (κ3) is 2.38. The fourth-order valence-corrected chi connectivity index (χ4v) is 1.95. The van der Waals surface area contributed by atoms with Crippen LogP contribution in [0.2, 0.25) is 0 Å². The van der Waals surface area contributed by atoms with Crippen molar-refractivity contribution in [3.8, 4) is 6.07 Å². The first-order valence-corrected chi connectivity index (χ1v) is 5.68. The molecule has 0 unspecified atom stereocenters. The third-order valence-electron chi connectivity index (χ3n) is 2.18. The van der Waals surface area contributed by atoms with Crippen molar-refractivity contribution in [2.45, 2.75) is 6.54 Å². The van der Waals surface area contributed by atoms with Crippen molar-refractivity contribution >= 4 is 17.0 Å². The highest BCUT2D eigenvalue weighted by Gasteiger charge is 2.03. The van der Waals surface area contributed by atoms with Crippen molar-refractivity contribution in [2.75, 3.05) is 5.32 Å². The number of nitrogens with zero attached hydrogens (tertiary/aromatic N) is 1. The van der Waals surface area contributed by atoms with Crippen molar-refractivity contribution in [3.05, 3.63) is 52.0 Å². The molecule has 16 heavy (non-hydrogen) atoms. The lowest BCUT2D eigenvalue weighted by molar-refractivity contribution is 0.613. The van der Waals surface area contributed by atoms with E-state index in [1.807, 2.05) is 22.9 Å². The highest BCUT2D eigenvalue weighted by atomic mass is 32.1. The molecule has 0 aliphatic heterocycles. The van der Waals surface area contributed by atoms with Gasteiger partial charge < -0.3 is 5.32 Å². The molecular weight excluding hydrogens is 223 g/mol. The van der Waals surface area contributed by atoms with Gasteiger partial charge in [-0.15, -0.1) is 0 Å². The van der Waals surface area contributed by atoms with E-state index in [1.165, 1.54) is 12.1 Å². The molecule has 0 aliphatic rings. The Morgan fingerprint density at radius 1 is 1.38 bits per heavy atom. The molecule has 2 nitrogen and oxygen atoms in total. The molecule has 1 heterocycles. The number of nitriles is 1. The summed E-state index contributed by atoms with van der Waals surface area (Å²) in [5.41, 5.74) is 1.94. The molecule has 0 atom stereocenters. The average molecular weight is 232 g/mol. The van der Waals surface area contributed by atoms with E-state index in [9.17, 15) is 4.39 Å². The number of hydrogen-bond donors (Lipinski definition) is 1. The highest BCUT2D eigenvalue weighted by Crippen LogP contribution is 2.15. The van der Waals surface area contributed by atoms with Crippen LogP contribution in [0.4, 0.5) is 10.1 Å². The van der Waals surface area contributed by atoms with Gasteiger partial charge in [-0.25, -0.2) is 4.39 Å². The fraction of sp³-hybridized carbons (Fsp3) is 0.0833. The summed E-state index contributed by atoms with van der Waals surface area (Å²) >= 11 is 1.58. The molecule has 0 saturated carbocycles. The molecule has 0 aliphatic carbocycles. The molecule has 2 aromatic rings. The monoisotopic (exact) mass is 232 g/mol. The van der Waals surface area contributed by atoms with E-state index in [2.05, 4.69) is 5.32 Å². The number of halogens is 1. The lowest BCUT2D eigenvalue weighted by atomic mass is 10.1. The molecule has 0 amide bonds. The summed E-state index contributed by atoms with van der Waals surface area (Å²) < 4.78 is 13.4. The van der Waals surface area contributed by atoms with Gasteiger partial charge in [0.05, 0.1) is 11.6 Å². The van der Waals surface area contributed by atoms with Crippen LogP contribution in [0, 0.1) is 17.1 Å². The van der Waals surface area contributed by atoms with Gasteiger partial charge in [-0.1, -0.05) is 0 Å². The van der Waals surface area contributed by atoms with Crippen LogP contribution >= 0.6 is 11.3 Å². The van der Waals surface area contributed by atoms with Gasteiger partial charge in [0.2, 0.25) is 0 Å². The number of hydrogen-bond acceptors (Lipinski definition) is 3. The van der Waals surface area contributed by atoms with Gasteiger partial charge in [-0.3, -0.25) is 0 Å². The summed E-state index contributed by atoms with van der Waals surface area (Å²) in [6.45, 7) is 0.387. The summed E-state index contributed by atoms with van der Waals surface area (Å²) in [5.74, 6) is -0.290. The second-order valence-electron chi connectivity index (χ2n) is 3.28. The standard InChI is InChI=1S/C12H9FN2S/c13-12-2-1-9(6-14)5-10(12)7-15-11-3-4-16-8-11/h1-5,8,15H,7H2. The minimum Gasteiger partial charge on any atom is -0.380 e. The molecule has 2 rings (SSSR count). The van der Waals surface area contributed by atoms with E-state index in [-0.39, 0.29) is 5.82 Å². The van der Waals surface area contributed by atoms with E-state index in [0.29, 0.717) is 17.7 Å². The maximum Gasteiger partial charge on any atom is 0.128 e. The summed E-state index contributed by atoms with van der Waals surface area (Å²) in [6, 6.07) is 8.29. The third-order valence-corrected chi connectivity index (χ3v) is 2.86. The fourth-order valence-electron chi connectivity index (χ4n) is 1.34. The normalized spacial score (nSPS) is 9.75. The predicted molar refractivity (Wildman–Crippen MR) is 62.8 cm³/mol. The van der Waals surface area contributed by atoms with Crippen LogP contribution in [-0.4, -0.2) is 0 Å². The zero-order chi connectivity index (χ0) is 11.4. The highest BCUT2D eigenvalue weighted by molar-refractivity contribution is 7.08. The van der Waals surface area contributed by atoms with E-state index in [0.717, 1.165) is 5.69 Å². The SMILES string of the molecule is N#Cc1ccc(F)c(CNc2ccsc2)c1. The van der Waals surface area contributed by atoms with Crippen LogP contribution in [-0.2, 0) is 6.54 Å². The van der Waals surface area contributed by atoms with Gasteiger partial charge in [0.15, 0.2) is 0 Å². The topological polar surface area (TPSA) is 35.8 Å². The van der Waals surface area contributed by atoms with Crippen molar-refractivity contribution in [1.82, 2.24) is 0 Å². The molecule has 0 saturated heterocycles. The first-order valence-electron chi connectivity index (χ1n) is 4.74. The Kier molecular flexibility index (Phi) is 3.18. The quantitative estimate of drug-likeness (QED) is 0.880.